The van der Waals surface area contributed by atoms with Crippen molar-refractivity contribution in [3.05, 3.63) is 42.0 Å². The molecule has 2 N–H and O–H groups in total. The van der Waals surface area contributed by atoms with Crippen molar-refractivity contribution < 1.29 is 14.7 Å². The fraction of sp³-hybridized carbons (Fsp3) is 0.231. The smallest absolute Gasteiger partial charge is 0.316 e. The third-order valence-corrected chi connectivity index (χ3v) is 3.50. The molecule has 1 heterocycles. The molecule has 0 spiro atoms. The zero-order valence-electron chi connectivity index (χ0n) is 9.01. The standard InChI is InChI=1S/C13H11NO3/c15-11-6-9(8-4-2-1-3-5-8)13(12(16)17)7-10(13)14-11/h1-6,10H,7H2,(H,14,15)(H,16,17). The molecule has 4 nitrogen and oxygen atoms in total. The van der Waals surface area contributed by atoms with Gasteiger partial charge in [0.05, 0.1) is 6.04 Å². The number of hydrogen-bond donors (Lipinski definition) is 2. The molecule has 4 heteroatoms. The van der Waals surface area contributed by atoms with Gasteiger partial charge in [-0.2, -0.15) is 0 Å². The SMILES string of the molecule is O=C1C=C(c2ccccc2)C2(C(=O)O)CC2N1. The van der Waals surface area contributed by atoms with Gasteiger partial charge in [-0.3, -0.25) is 9.59 Å². The first-order chi connectivity index (χ1) is 8.14. The minimum atomic E-state index is -0.907. The number of carboxylic acids is 1. The summed E-state index contributed by atoms with van der Waals surface area (Å²) in [6, 6.07) is 8.97. The van der Waals surface area contributed by atoms with Crippen molar-refractivity contribution in [3.8, 4) is 0 Å². The van der Waals surface area contributed by atoms with Crippen LogP contribution in [0.5, 0.6) is 0 Å². The molecule has 0 radical (unpaired) electrons. The van der Waals surface area contributed by atoms with Crippen LogP contribution in [0.3, 0.4) is 0 Å². The zero-order valence-corrected chi connectivity index (χ0v) is 9.01. The molecule has 0 aromatic heterocycles. The minimum absolute atomic E-state index is 0.205. The number of carbonyl (C=O) groups excluding carboxylic acids is 1. The first-order valence-corrected chi connectivity index (χ1v) is 5.46. The van der Waals surface area contributed by atoms with E-state index in [9.17, 15) is 14.7 Å². The monoisotopic (exact) mass is 229 g/mol. The number of fused-ring (bicyclic) bond motifs is 1. The van der Waals surface area contributed by atoms with E-state index in [1.807, 2.05) is 30.3 Å². The van der Waals surface area contributed by atoms with Gasteiger partial charge in [0.2, 0.25) is 5.91 Å². The lowest BCUT2D eigenvalue weighted by Crippen LogP contribution is -2.37. The molecule has 0 saturated heterocycles. The van der Waals surface area contributed by atoms with E-state index in [1.54, 1.807) is 0 Å². The molecule has 2 atom stereocenters. The predicted octanol–water partition coefficient (Wildman–Crippen LogP) is 1.04. The second kappa shape index (κ2) is 3.20. The minimum Gasteiger partial charge on any atom is -0.481 e. The second-order valence-corrected chi connectivity index (χ2v) is 4.47. The molecule has 1 aliphatic carbocycles. The van der Waals surface area contributed by atoms with E-state index in [4.69, 9.17) is 0 Å². The lowest BCUT2D eigenvalue weighted by atomic mass is 9.87. The topological polar surface area (TPSA) is 66.4 Å². The summed E-state index contributed by atoms with van der Waals surface area (Å²) in [5.41, 5.74) is 0.529. The Morgan fingerprint density at radius 1 is 1.35 bits per heavy atom. The summed E-state index contributed by atoms with van der Waals surface area (Å²) in [5.74, 6) is -1.07. The van der Waals surface area contributed by atoms with Crippen LogP contribution in [0, 0.1) is 5.41 Å². The Bertz CT molecular complexity index is 535. The lowest BCUT2D eigenvalue weighted by molar-refractivity contribution is -0.141. The summed E-state index contributed by atoms with van der Waals surface area (Å²) in [4.78, 5) is 22.9. The quantitative estimate of drug-likeness (QED) is 0.796. The highest BCUT2D eigenvalue weighted by Gasteiger charge is 2.65. The van der Waals surface area contributed by atoms with Crippen molar-refractivity contribution in [1.29, 1.82) is 0 Å². The van der Waals surface area contributed by atoms with E-state index in [1.165, 1.54) is 6.08 Å². The van der Waals surface area contributed by atoms with Crippen LogP contribution in [0.4, 0.5) is 0 Å². The first-order valence-electron chi connectivity index (χ1n) is 5.46. The third-order valence-electron chi connectivity index (χ3n) is 3.50. The summed E-state index contributed by atoms with van der Waals surface area (Å²) >= 11 is 0. The Balaban J connectivity index is 2.12. The summed E-state index contributed by atoms with van der Waals surface area (Å²) in [7, 11) is 0. The van der Waals surface area contributed by atoms with E-state index in [-0.39, 0.29) is 11.9 Å². The molecule has 1 aliphatic heterocycles. The van der Waals surface area contributed by atoms with Crippen molar-refractivity contribution >= 4 is 17.4 Å². The van der Waals surface area contributed by atoms with Crippen LogP contribution in [-0.2, 0) is 9.59 Å². The number of nitrogens with one attached hydrogen (secondary N) is 1. The van der Waals surface area contributed by atoms with Crippen molar-refractivity contribution in [3.63, 3.8) is 0 Å². The molecular weight excluding hydrogens is 218 g/mol. The summed E-state index contributed by atoms with van der Waals surface area (Å²) in [6.45, 7) is 0. The first kappa shape index (κ1) is 10.1. The van der Waals surface area contributed by atoms with E-state index in [0.717, 1.165) is 5.56 Å². The third kappa shape index (κ3) is 1.30. The summed E-state index contributed by atoms with van der Waals surface area (Å²) in [6.07, 6.45) is 1.89. The van der Waals surface area contributed by atoms with Crippen LogP contribution in [0.2, 0.25) is 0 Å². The van der Waals surface area contributed by atoms with Gasteiger partial charge in [0.25, 0.3) is 0 Å². The molecule has 2 aliphatic rings. The molecule has 86 valence electrons. The number of rotatable bonds is 2. The van der Waals surface area contributed by atoms with Gasteiger partial charge in [-0.05, 0) is 17.6 Å². The molecule has 2 unspecified atom stereocenters. The average Bonchev–Trinajstić information content (AvgIpc) is 3.04. The highest BCUT2D eigenvalue weighted by Crippen LogP contribution is 2.57. The van der Waals surface area contributed by atoms with Gasteiger partial charge in [-0.15, -0.1) is 0 Å². The molecule has 1 amide bonds. The molecule has 1 saturated carbocycles. The van der Waals surface area contributed by atoms with Crippen LogP contribution in [0.25, 0.3) is 5.57 Å². The van der Waals surface area contributed by atoms with E-state index in [0.29, 0.717) is 12.0 Å². The van der Waals surface area contributed by atoms with Crippen molar-refractivity contribution in [2.24, 2.45) is 5.41 Å². The largest absolute Gasteiger partial charge is 0.481 e. The Kier molecular flexibility index (Phi) is 1.90. The van der Waals surface area contributed by atoms with Gasteiger partial charge in [-0.1, -0.05) is 30.3 Å². The number of hydrogen-bond acceptors (Lipinski definition) is 2. The molecule has 1 fully saturated rings. The molecular formula is C13H11NO3. The maximum absolute atomic E-state index is 11.5. The second-order valence-electron chi connectivity index (χ2n) is 4.47. The molecule has 1 aromatic carbocycles. The van der Waals surface area contributed by atoms with Crippen LogP contribution >= 0.6 is 0 Å². The summed E-state index contributed by atoms with van der Waals surface area (Å²) < 4.78 is 0. The van der Waals surface area contributed by atoms with E-state index >= 15 is 0 Å². The highest BCUT2D eigenvalue weighted by atomic mass is 16.4. The fourth-order valence-corrected chi connectivity index (χ4v) is 2.52. The predicted molar refractivity (Wildman–Crippen MR) is 61.0 cm³/mol. The molecule has 0 bridgehead atoms. The van der Waals surface area contributed by atoms with Crippen LogP contribution in [-0.4, -0.2) is 23.0 Å². The zero-order chi connectivity index (χ0) is 12.0. The average molecular weight is 229 g/mol. The van der Waals surface area contributed by atoms with Crippen LogP contribution < -0.4 is 5.32 Å². The van der Waals surface area contributed by atoms with Gasteiger partial charge in [0, 0.05) is 6.08 Å². The van der Waals surface area contributed by atoms with Gasteiger partial charge in [-0.25, -0.2) is 0 Å². The number of carbonyl (C=O) groups is 2. The normalized spacial score (nSPS) is 30.0. The Labute approximate surface area is 98.0 Å². The number of amides is 1. The highest BCUT2D eigenvalue weighted by molar-refractivity contribution is 6.08. The van der Waals surface area contributed by atoms with Gasteiger partial charge < -0.3 is 10.4 Å². The van der Waals surface area contributed by atoms with Gasteiger partial charge >= 0.3 is 5.97 Å². The summed E-state index contributed by atoms with van der Waals surface area (Å²) in [5, 5.41) is 12.0. The van der Waals surface area contributed by atoms with Gasteiger partial charge in [0.1, 0.15) is 5.41 Å². The Hall–Kier alpha value is -2.10. The van der Waals surface area contributed by atoms with Crippen LogP contribution in [0.15, 0.2) is 36.4 Å². The number of benzene rings is 1. The molecule has 3 rings (SSSR count). The maximum atomic E-state index is 11.5. The van der Waals surface area contributed by atoms with Crippen molar-refractivity contribution in [2.45, 2.75) is 12.5 Å². The molecule has 17 heavy (non-hydrogen) atoms. The molecule has 1 aromatic rings. The number of carboxylic acid groups (broad SMARTS) is 1. The Morgan fingerprint density at radius 2 is 2.06 bits per heavy atom. The lowest BCUT2D eigenvalue weighted by Gasteiger charge is -2.21. The van der Waals surface area contributed by atoms with Crippen molar-refractivity contribution in [2.75, 3.05) is 0 Å². The van der Waals surface area contributed by atoms with Crippen molar-refractivity contribution in [1.82, 2.24) is 5.32 Å². The number of aliphatic carboxylic acids is 1. The Morgan fingerprint density at radius 3 is 2.71 bits per heavy atom. The van der Waals surface area contributed by atoms with Crippen LogP contribution in [0.1, 0.15) is 12.0 Å². The maximum Gasteiger partial charge on any atom is 0.316 e. The van der Waals surface area contributed by atoms with Gasteiger partial charge in [0.15, 0.2) is 0 Å². The van der Waals surface area contributed by atoms with E-state index < -0.39 is 11.4 Å². The van der Waals surface area contributed by atoms with E-state index in [2.05, 4.69) is 5.32 Å². The fourth-order valence-electron chi connectivity index (χ4n) is 2.52.